The highest BCUT2D eigenvalue weighted by Gasteiger charge is 2.41. The Balaban J connectivity index is 0.864. The maximum Gasteiger partial charge on any atom is 0.135 e. The van der Waals surface area contributed by atoms with Crippen LogP contribution < -0.4 is 9.80 Å². The van der Waals surface area contributed by atoms with Crippen LogP contribution in [0.3, 0.4) is 0 Å². The van der Waals surface area contributed by atoms with Crippen molar-refractivity contribution in [1.82, 2.24) is 19.9 Å². The quantitative estimate of drug-likeness (QED) is 0.166. The summed E-state index contributed by atoms with van der Waals surface area (Å²) in [7, 11) is 0. The second kappa shape index (κ2) is 14.2. The first-order valence-corrected chi connectivity index (χ1v) is 21.5. The summed E-state index contributed by atoms with van der Waals surface area (Å²) < 4.78 is 6.54. The third-order valence-corrected chi connectivity index (χ3v) is 13.1. The van der Waals surface area contributed by atoms with Crippen LogP contribution in [0.5, 0.6) is 0 Å². The Morgan fingerprint density at radius 3 is 1.32 bits per heavy atom. The molecule has 0 saturated heterocycles. The third kappa shape index (κ3) is 5.66. The largest absolute Gasteiger partial charge is 0.456 e. The first kappa shape index (κ1) is 35.6. The summed E-state index contributed by atoms with van der Waals surface area (Å²) in [5, 5.41) is 2.15. The summed E-state index contributed by atoms with van der Waals surface area (Å²) in [6, 6.07) is 51.0. The molecule has 4 aliphatic rings. The van der Waals surface area contributed by atoms with E-state index >= 15 is 0 Å². The number of aromatic nitrogens is 4. The minimum absolute atomic E-state index is 0.0596. The van der Waals surface area contributed by atoms with Crippen molar-refractivity contribution in [3.05, 3.63) is 229 Å². The van der Waals surface area contributed by atoms with E-state index in [1.807, 2.05) is 61.2 Å². The average Bonchev–Trinajstić information content (AvgIpc) is 4.01. The molecule has 298 valence electrons. The lowest BCUT2D eigenvalue weighted by molar-refractivity contribution is 0.668. The highest BCUT2D eigenvalue weighted by molar-refractivity contribution is 6.08. The van der Waals surface area contributed by atoms with E-state index in [1.54, 1.807) is 0 Å². The maximum absolute atomic E-state index is 6.54. The van der Waals surface area contributed by atoms with Crippen LogP contribution in [-0.2, 0) is 0 Å². The standard InChI is InChI=1S/C56H38N6O/c1-3-13-41(47-15-5-7-27-57-47)39(11-1)35-19-23-49-45(31-35)55-51(17-9-29-59-55)61(49)37-21-25-53-43(33-37)44-34-38(22-26-54(44)63-53)62-50-24-20-36(32-46(50)56-52(62)18-10-30-60-56)40-12-2-4-14-42(40)48-16-6-8-28-58-48/h1-34,45-46,49-50H. The smallest absolute Gasteiger partial charge is 0.135 e. The van der Waals surface area contributed by atoms with Gasteiger partial charge in [-0.3, -0.25) is 19.9 Å². The molecule has 4 unspecified atom stereocenters. The molecule has 0 spiro atoms. The van der Waals surface area contributed by atoms with Crippen molar-refractivity contribution >= 4 is 55.8 Å². The van der Waals surface area contributed by atoms with E-state index in [9.17, 15) is 0 Å². The van der Waals surface area contributed by atoms with E-state index in [0.717, 1.165) is 89.7 Å². The van der Waals surface area contributed by atoms with E-state index < -0.39 is 0 Å². The fourth-order valence-corrected chi connectivity index (χ4v) is 10.4. The van der Waals surface area contributed by atoms with Crippen molar-refractivity contribution in [1.29, 1.82) is 0 Å². The van der Waals surface area contributed by atoms with Gasteiger partial charge in [-0.05, 0) is 107 Å². The fraction of sp³-hybridized carbons (Fsp3) is 0.0714. The van der Waals surface area contributed by atoms with E-state index in [2.05, 4.69) is 165 Å². The molecular weight excluding hydrogens is 773 g/mol. The maximum atomic E-state index is 6.54. The van der Waals surface area contributed by atoms with Crippen LogP contribution in [0.1, 0.15) is 34.4 Å². The first-order chi connectivity index (χ1) is 31.2. The lowest BCUT2D eigenvalue weighted by atomic mass is 9.86. The summed E-state index contributed by atoms with van der Waals surface area (Å²) in [5.41, 5.74) is 17.1. The second-order valence-electron chi connectivity index (χ2n) is 16.5. The molecule has 63 heavy (non-hydrogen) atoms. The second-order valence-corrected chi connectivity index (χ2v) is 16.5. The topological polar surface area (TPSA) is 71.2 Å². The minimum atomic E-state index is 0.0596. The Morgan fingerprint density at radius 1 is 0.413 bits per heavy atom. The Labute approximate surface area is 364 Å². The summed E-state index contributed by atoms with van der Waals surface area (Å²) in [5.74, 6) is 0.138. The molecule has 13 rings (SSSR count). The van der Waals surface area contributed by atoms with Crippen LogP contribution in [0.2, 0.25) is 0 Å². The van der Waals surface area contributed by atoms with Crippen molar-refractivity contribution in [2.75, 3.05) is 9.80 Å². The zero-order chi connectivity index (χ0) is 41.4. The summed E-state index contributed by atoms with van der Waals surface area (Å²) in [6.07, 6.45) is 21.6. The molecule has 7 heteroatoms. The number of rotatable bonds is 6. The van der Waals surface area contributed by atoms with Gasteiger partial charge in [-0.25, -0.2) is 0 Å². The molecule has 9 aromatic rings. The van der Waals surface area contributed by atoms with Gasteiger partial charge in [0.2, 0.25) is 0 Å². The Morgan fingerprint density at radius 2 is 0.857 bits per heavy atom. The first-order valence-electron chi connectivity index (χ1n) is 21.5. The van der Waals surface area contributed by atoms with Crippen LogP contribution in [0.4, 0.5) is 22.7 Å². The predicted molar refractivity (Wildman–Crippen MR) is 253 cm³/mol. The molecule has 2 aliphatic carbocycles. The van der Waals surface area contributed by atoms with E-state index in [0.29, 0.717) is 0 Å². The monoisotopic (exact) mass is 810 g/mol. The van der Waals surface area contributed by atoms with Gasteiger partial charge in [0.25, 0.3) is 0 Å². The van der Waals surface area contributed by atoms with Gasteiger partial charge in [-0.15, -0.1) is 0 Å². The van der Waals surface area contributed by atoms with Gasteiger partial charge < -0.3 is 14.2 Å². The molecule has 4 aromatic carbocycles. The molecule has 7 heterocycles. The van der Waals surface area contributed by atoms with Crippen LogP contribution >= 0.6 is 0 Å². The average molecular weight is 811 g/mol. The molecule has 0 fully saturated rings. The van der Waals surface area contributed by atoms with Crippen LogP contribution in [0.15, 0.2) is 211 Å². The van der Waals surface area contributed by atoms with Gasteiger partial charge in [-0.1, -0.05) is 97.1 Å². The summed E-state index contributed by atoms with van der Waals surface area (Å²) >= 11 is 0. The number of nitrogens with zero attached hydrogens (tertiary/aromatic N) is 6. The van der Waals surface area contributed by atoms with Gasteiger partial charge in [0.1, 0.15) is 11.2 Å². The van der Waals surface area contributed by atoms with Crippen LogP contribution in [0.25, 0.3) is 55.6 Å². The van der Waals surface area contributed by atoms with Crippen molar-refractivity contribution in [3.63, 3.8) is 0 Å². The SMILES string of the molecule is C1=CC2C(C=C1c1ccccc1-c1ccccn1)c1ncccc1N2c1ccc2oc3ccc(N4c5cccnc5C5C=C(c6ccccc6-c6ccccn6)C=CC54)cc3c2c1. The van der Waals surface area contributed by atoms with E-state index in [1.165, 1.54) is 11.1 Å². The van der Waals surface area contributed by atoms with E-state index in [4.69, 9.17) is 14.4 Å². The Hall–Kier alpha value is -8.16. The van der Waals surface area contributed by atoms with Gasteiger partial charge in [0, 0.05) is 69.9 Å². The van der Waals surface area contributed by atoms with Gasteiger partial charge >= 0.3 is 0 Å². The molecule has 0 N–H and O–H groups in total. The van der Waals surface area contributed by atoms with E-state index in [-0.39, 0.29) is 23.9 Å². The van der Waals surface area contributed by atoms with Crippen LogP contribution in [-0.4, -0.2) is 32.0 Å². The molecule has 7 nitrogen and oxygen atoms in total. The number of benzene rings is 4. The normalized spacial score (nSPS) is 19.4. The highest BCUT2D eigenvalue weighted by Crippen LogP contribution is 2.52. The Kier molecular flexibility index (Phi) is 8.03. The predicted octanol–water partition coefficient (Wildman–Crippen LogP) is 13.0. The molecule has 4 atom stereocenters. The van der Waals surface area contributed by atoms with Crippen molar-refractivity contribution < 1.29 is 4.42 Å². The molecule has 0 bridgehead atoms. The molecule has 0 saturated carbocycles. The van der Waals surface area contributed by atoms with Crippen molar-refractivity contribution in [2.24, 2.45) is 0 Å². The molecule has 2 aliphatic heterocycles. The summed E-state index contributed by atoms with van der Waals surface area (Å²) in [6.45, 7) is 0. The van der Waals surface area contributed by atoms with Crippen molar-refractivity contribution in [3.8, 4) is 22.5 Å². The number of fused-ring (bicyclic) bond motifs is 9. The number of allylic oxidation sites excluding steroid dienone is 4. The zero-order valence-electron chi connectivity index (χ0n) is 34.0. The van der Waals surface area contributed by atoms with Gasteiger partial charge in [0.05, 0.1) is 46.2 Å². The lowest BCUT2D eigenvalue weighted by Gasteiger charge is -2.30. The fourth-order valence-electron chi connectivity index (χ4n) is 10.4. The molecule has 5 aromatic heterocycles. The number of hydrogen-bond donors (Lipinski definition) is 0. The number of furan rings is 1. The third-order valence-electron chi connectivity index (χ3n) is 13.1. The number of pyridine rings is 4. The van der Waals surface area contributed by atoms with Crippen LogP contribution in [0, 0.1) is 0 Å². The van der Waals surface area contributed by atoms with Gasteiger partial charge in [0.15, 0.2) is 0 Å². The number of anilines is 4. The lowest BCUT2D eigenvalue weighted by Crippen LogP contribution is -2.29. The minimum Gasteiger partial charge on any atom is -0.456 e. The highest BCUT2D eigenvalue weighted by atomic mass is 16.3. The Bertz CT molecular complexity index is 3180. The number of hydrogen-bond acceptors (Lipinski definition) is 7. The molecule has 0 amide bonds. The van der Waals surface area contributed by atoms with Gasteiger partial charge in [-0.2, -0.15) is 0 Å². The molecular formula is C56H38N6O. The summed E-state index contributed by atoms with van der Waals surface area (Å²) in [4.78, 5) is 24.3. The van der Waals surface area contributed by atoms with Crippen molar-refractivity contribution in [2.45, 2.75) is 23.9 Å². The molecule has 0 radical (unpaired) electrons. The zero-order valence-corrected chi connectivity index (χ0v) is 34.0.